The van der Waals surface area contributed by atoms with Gasteiger partial charge < -0.3 is 4.74 Å². The van der Waals surface area contributed by atoms with Crippen molar-refractivity contribution in [1.29, 1.82) is 0 Å². The van der Waals surface area contributed by atoms with Gasteiger partial charge in [0.15, 0.2) is 5.78 Å². The molecule has 0 spiro atoms. The third-order valence-electron chi connectivity index (χ3n) is 2.76. The lowest BCUT2D eigenvalue weighted by molar-refractivity contribution is 0.0980. The van der Waals surface area contributed by atoms with Crippen LogP contribution in [0.4, 0.5) is 0 Å². The summed E-state index contributed by atoms with van der Waals surface area (Å²) in [5.74, 6) is 0.700. The number of rotatable bonds is 2. The molecule has 1 atom stereocenters. The molecule has 2 rings (SSSR count). The number of hydrogen-bond acceptors (Lipinski definition) is 3. The van der Waals surface area contributed by atoms with E-state index in [-0.39, 0.29) is 11.9 Å². The zero-order valence-corrected chi connectivity index (χ0v) is 11.1. The number of fused-ring (bicyclic) bond motifs is 1. The maximum atomic E-state index is 11.8. The van der Waals surface area contributed by atoms with E-state index in [2.05, 4.69) is 21.0 Å². The van der Waals surface area contributed by atoms with E-state index in [9.17, 15) is 4.79 Å². The van der Waals surface area contributed by atoms with Gasteiger partial charge in [0.25, 0.3) is 0 Å². The Morgan fingerprint density at radius 3 is 3.12 bits per heavy atom. The van der Waals surface area contributed by atoms with Crippen molar-refractivity contribution in [3.63, 3.8) is 0 Å². The van der Waals surface area contributed by atoms with Gasteiger partial charge in [0, 0.05) is 13.0 Å². The molecule has 0 saturated heterocycles. The van der Waals surface area contributed by atoms with Gasteiger partial charge in [-0.3, -0.25) is 4.79 Å². The standard InChI is InChI=1S/C11H15BrN2O2/c1-3-8(15)9-10(12)13-14-6-4-5-7(2)16-11(9)14/h7H,3-6H2,1-2H3. The maximum Gasteiger partial charge on any atom is 0.224 e. The molecule has 1 unspecified atom stereocenters. The van der Waals surface area contributed by atoms with E-state index >= 15 is 0 Å². The van der Waals surface area contributed by atoms with Gasteiger partial charge >= 0.3 is 0 Å². The summed E-state index contributed by atoms with van der Waals surface area (Å²) < 4.78 is 8.17. The first-order valence-corrected chi connectivity index (χ1v) is 6.39. The number of aryl methyl sites for hydroxylation is 1. The van der Waals surface area contributed by atoms with Crippen molar-refractivity contribution in [3.05, 3.63) is 10.2 Å². The molecule has 4 nitrogen and oxygen atoms in total. The van der Waals surface area contributed by atoms with Gasteiger partial charge in [0.1, 0.15) is 10.2 Å². The molecule has 0 aromatic carbocycles. The predicted molar refractivity (Wildman–Crippen MR) is 63.9 cm³/mol. The number of aromatic nitrogens is 2. The zero-order valence-electron chi connectivity index (χ0n) is 9.49. The molecule has 1 aromatic heterocycles. The average molecular weight is 287 g/mol. The maximum absolute atomic E-state index is 11.8. The summed E-state index contributed by atoms with van der Waals surface area (Å²) >= 11 is 3.33. The van der Waals surface area contributed by atoms with Crippen LogP contribution in [0.3, 0.4) is 0 Å². The van der Waals surface area contributed by atoms with E-state index in [1.54, 1.807) is 4.68 Å². The van der Waals surface area contributed by atoms with Gasteiger partial charge in [-0.05, 0) is 35.7 Å². The highest BCUT2D eigenvalue weighted by Crippen LogP contribution is 2.31. The number of ether oxygens (including phenoxy) is 1. The second-order valence-electron chi connectivity index (χ2n) is 4.04. The molecular formula is C11H15BrN2O2. The molecule has 1 aliphatic heterocycles. The molecule has 0 radical (unpaired) electrons. The number of carbonyl (C=O) groups excluding carboxylic acids is 1. The molecule has 0 fully saturated rings. The van der Waals surface area contributed by atoms with Crippen LogP contribution in [0.1, 0.15) is 43.5 Å². The Kier molecular flexibility index (Phi) is 3.33. The van der Waals surface area contributed by atoms with Crippen LogP contribution >= 0.6 is 15.9 Å². The third kappa shape index (κ3) is 2.00. The number of hydrogen-bond donors (Lipinski definition) is 0. The third-order valence-corrected chi connectivity index (χ3v) is 3.31. The monoisotopic (exact) mass is 286 g/mol. The molecule has 16 heavy (non-hydrogen) atoms. The Labute approximate surface area is 103 Å². The van der Waals surface area contributed by atoms with E-state index in [0.717, 1.165) is 19.4 Å². The molecule has 0 amide bonds. The number of nitrogens with zero attached hydrogens (tertiary/aromatic N) is 2. The number of halogens is 1. The Morgan fingerprint density at radius 1 is 1.69 bits per heavy atom. The van der Waals surface area contributed by atoms with Gasteiger partial charge in [-0.2, -0.15) is 5.10 Å². The second-order valence-corrected chi connectivity index (χ2v) is 4.79. The topological polar surface area (TPSA) is 44.1 Å². The normalized spacial score (nSPS) is 19.8. The fourth-order valence-electron chi connectivity index (χ4n) is 1.88. The van der Waals surface area contributed by atoms with Crippen molar-refractivity contribution in [3.8, 4) is 5.88 Å². The van der Waals surface area contributed by atoms with Crippen molar-refractivity contribution in [2.45, 2.75) is 45.8 Å². The van der Waals surface area contributed by atoms with Crippen LogP contribution in [0.15, 0.2) is 4.60 Å². The van der Waals surface area contributed by atoms with Crippen LogP contribution in [0, 0.1) is 0 Å². The molecule has 0 bridgehead atoms. The van der Waals surface area contributed by atoms with Gasteiger partial charge in [-0.15, -0.1) is 0 Å². The van der Waals surface area contributed by atoms with Crippen molar-refractivity contribution < 1.29 is 9.53 Å². The van der Waals surface area contributed by atoms with Gasteiger partial charge in [-0.25, -0.2) is 4.68 Å². The molecule has 88 valence electrons. The zero-order chi connectivity index (χ0) is 11.7. The van der Waals surface area contributed by atoms with Gasteiger partial charge in [0.2, 0.25) is 5.88 Å². The van der Waals surface area contributed by atoms with E-state index in [1.165, 1.54) is 0 Å². The molecule has 2 heterocycles. The smallest absolute Gasteiger partial charge is 0.224 e. The lowest BCUT2D eigenvalue weighted by Crippen LogP contribution is -2.12. The minimum absolute atomic E-state index is 0.0715. The number of Topliss-reactive ketones (excluding diaryl/α,β-unsaturated/α-hetero) is 1. The van der Waals surface area contributed by atoms with Gasteiger partial charge in [-0.1, -0.05) is 6.92 Å². The highest BCUT2D eigenvalue weighted by atomic mass is 79.9. The quantitative estimate of drug-likeness (QED) is 0.786. The van der Waals surface area contributed by atoms with Gasteiger partial charge in [0.05, 0.1) is 6.10 Å². The minimum Gasteiger partial charge on any atom is -0.474 e. The van der Waals surface area contributed by atoms with Crippen molar-refractivity contribution in [1.82, 2.24) is 9.78 Å². The van der Waals surface area contributed by atoms with Crippen LogP contribution in [0.5, 0.6) is 5.88 Å². The summed E-state index contributed by atoms with van der Waals surface area (Å²) in [5.41, 5.74) is 0.594. The lowest BCUT2D eigenvalue weighted by atomic mass is 10.2. The van der Waals surface area contributed by atoms with Crippen LogP contribution < -0.4 is 4.74 Å². The molecule has 1 aliphatic rings. The molecule has 1 aromatic rings. The average Bonchev–Trinajstić information content (AvgIpc) is 2.42. The van der Waals surface area contributed by atoms with Crippen LogP contribution in [-0.4, -0.2) is 21.7 Å². The highest BCUT2D eigenvalue weighted by molar-refractivity contribution is 9.10. The minimum atomic E-state index is 0.0715. The number of carbonyl (C=O) groups is 1. The van der Waals surface area contributed by atoms with E-state index in [0.29, 0.717) is 22.5 Å². The van der Waals surface area contributed by atoms with Crippen molar-refractivity contribution >= 4 is 21.7 Å². The van der Waals surface area contributed by atoms with Crippen LogP contribution in [0.25, 0.3) is 0 Å². The molecular weight excluding hydrogens is 272 g/mol. The summed E-state index contributed by atoms with van der Waals surface area (Å²) in [4.78, 5) is 11.8. The predicted octanol–water partition coefficient (Wildman–Crippen LogP) is 2.80. The summed E-state index contributed by atoms with van der Waals surface area (Å²) in [6.07, 6.45) is 2.64. The summed E-state index contributed by atoms with van der Waals surface area (Å²) in [6.45, 7) is 4.69. The Morgan fingerprint density at radius 2 is 2.44 bits per heavy atom. The fraction of sp³-hybridized carbons (Fsp3) is 0.636. The first kappa shape index (κ1) is 11.6. The van der Waals surface area contributed by atoms with Crippen molar-refractivity contribution in [2.24, 2.45) is 0 Å². The van der Waals surface area contributed by atoms with E-state index in [4.69, 9.17) is 4.74 Å². The van der Waals surface area contributed by atoms with E-state index < -0.39 is 0 Å². The van der Waals surface area contributed by atoms with Crippen LogP contribution in [-0.2, 0) is 6.54 Å². The molecule has 0 saturated carbocycles. The van der Waals surface area contributed by atoms with Crippen LogP contribution in [0.2, 0.25) is 0 Å². The summed E-state index contributed by atoms with van der Waals surface area (Å²) in [6, 6.07) is 0. The Hall–Kier alpha value is -0.840. The fourth-order valence-corrected chi connectivity index (χ4v) is 2.46. The highest BCUT2D eigenvalue weighted by Gasteiger charge is 2.25. The second kappa shape index (κ2) is 4.57. The largest absolute Gasteiger partial charge is 0.474 e. The summed E-state index contributed by atoms with van der Waals surface area (Å²) in [5, 5.41) is 4.30. The molecule has 0 N–H and O–H groups in total. The Balaban J connectivity index is 2.45. The Bertz CT molecular complexity index is 414. The molecule has 0 aliphatic carbocycles. The first-order chi connectivity index (χ1) is 7.63. The lowest BCUT2D eigenvalue weighted by Gasteiger charge is -2.11. The molecule has 5 heteroatoms. The number of ketones is 1. The van der Waals surface area contributed by atoms with Crippen molar-refractivity contribution in [2.75, 3.05) is 0 Å². The van der Waals surface area contributed by atoms with E-state index in [1.807, 2.05) is 13.8 Å². The summed E-state index contributed by atoms with van der Waals surface area (Å²) in [7, 11) is 0. The SMILES string of the molecule is CCC(=O)c1c(Br)nn2c1OC(C)CCC2. The first-order valence-electron chi connectivity index (χ1n) is 5.59.